The molecule has 4 N–H and O–H groups in total. The normalized spacial score (nSPS) is 24.1. The average molecular weight is 790 g/mol. The Morgan fingerprint density at radius 1 is 1.03 bits per heavy atom. The Morgan fingerprint density at radius 2 is 1.84 bits per heavy atom. The summed E-state index contributed by atoms with van der Waals surface area (Å²) >= 11 is 0. The lowest BCUT2D eigenvalue weighted by Crippen LogP contribution is -2.51. The fourth-order valence-electron chi connectivity index (χ4n) is 10.3. The molecule has 2 saturated heterocycles. The van der Waals surface area contributed by atoms with Gasteiger partial charge in [-0.25, -0.2) is 19.6 Å². The Labute approximate surface area is 336 Å². The summed E-state index contributed by atoms with van der Waals surface area (Å²) in [6, 6.07) is 13.2. The minimum absolute atomic E-state index is 0.114. The topological polar surface area (TPSA) is 175 Å². The van der Waals surface area contributed by atoms with Crippen LogP contribution in [-0.4, -0.2) is 91.9 Å². The third-order valence-electron chi connectivity index (χ3n) is 13.2. The summed E-state index contributed by atoms with van der Waals surface area (Å²) in [5.74, 6) is 2.25. The third-order valence-corrected chi connectivity index (χ3v) is 13.2. The number of amides is 3. The summed E-state index contributed by atoms with van der Waals surface area (Å²) < 4.78 is 16.7. The number of benzene rings is 3. The third kappa shape index (κ3) is 5.97. The second kappa shape index (κ2) is 13.7. The van der Waals surface area contributed by atoms with Crippen molar-refractivity contribution in [2.45, 2.75) is 84.2 Å². The Hall–Kier alpha value is -5.63. The van der Waals surface area contributed by atoms with Crippen molar-refractivity contribution in [2.75, 3.05) is 27.4 Å². The minimum Gasteiger partial charge on any atom is -0.488 e. The van der Waals surface area contributed by atoms with Crippen LogP contribution in [0.4, 0.5) is 9.59 Å². The Morgan fingerprint density at radius 3 is 2.57 bits per heavy atom. The number of imidazole rings is 2. The summed E-state index contributed by atoms with van der Waals surface area (Å²) in [5.41, 5.74) is 6.02. The van der Waals surface area contributed by atoms with E-state index in [0.29, 0.717) is 43.7 Å². The maximum Gasteiger partial charge on any atom is 0.408 e. The predicted octanol–water partition coefficient (Wildman–Crippen LogP) is 7.81. The van der Waals surface area contributed by atoms with Gasteiger partial charge in [0.1, 0.15) is 30.0 Å². The molecule has 3 amide bonds. The molecule has 14 heteroatoms. The standard InChI is InChI=1S/C44H51N7O7/c1-22(2)36(49-41(53)57-7)40(52)50-19-23(20-56-6)12-33(50)38-45-18-32(47-38)25-8-10-28-26(13-25)21-58-35-16-29-24(14-30(28)35)9-11-31-37(29)48-39(46-31)34-15-27-17-44(27,43(3,4)5)51(34)42(54)55/h8-11,13-14,16,18,22-23,27,33-34,36H,12,15,17,19-21H2,1-7H3,(H,45,47)(H,46,48)(H,49,53)(H,54,55)/t23?,27-,33?,34+,36+,44-/m1/s1. The number of carbonyl (C=O) groups is 3. The van der Waals surface area contributed by atoms with E-state index in [1.54, 1.807) is 23.1 Å². The number of aromatic nitrogens is 4. The second-order valence-corrected chi connectivity index (χ2v) is 17.9. The molecule has 1 saturated carbocycles. The lowest BCUT2D eigenvalue weighted by Gasteiger charge is -2.39. The van der Waals surface area contributed by atoms with Gasteiger partial charge in [-0.15, -0.1) is 0 Å². The van der Waals surface area contributed by atoms with Crippen LogP contribution >= 0.6 is 0 Å². The zero-order valence-corrected chi connectivity index (χ0v) is 34.0. The molecule has 6 atom stereocenters. The molecule has 304 valence electrons. The number of alkyl carbamates (subject to hydrolysis) is 1. The minimum atomic E-state index is -0.892. The fourth-order valence-corrected chi connectivity index (χ4v) is 10.3. The highest BCUT2D eigenvalue weighted by molar-refractivity contribution is 6.07. The molecule has 4 aliphatic rings. The van der Waals surface area contributed by atoms with E-state index in [1.807, 2.05) is 19.9 Å². The second-order valence-electron chi connectivity index (χ2n) is 17.9. The van der Waals surface area contributed by atoms with Gasteiger partial charge in [-0.1, -0.05) is 52.8 Å². The van der Waals surface area contributed by atoms with Gasteiger partial charge in [-0.05, 0) is 82.9 Å². The summed E-state index contributed by atoms with van der Waals surface area (Å²) in [5, 5.41) is 15.1. The smallest absolute Gasteiger partial charge is 0.408 e. The van der Waals surface area contributed by atoms with Crippen LogP contribution in [0, 0.1) is 23.2 Å². The SMILES string of the molecule is COCC1CC(c2ncc(-c3ccc4c(c3)COc3cc5c(ccc6[nH]c([C@@H]7C[C@@H]8C[C@@]8(C(C)(C)C)N7C(=O)O)nc65)cc3-4)[nH]2)N(C(=O)[C@@H](NC(=O)OC)C(C)C)C1. The fraction of sp³-hybridized carbons (Fsp3) is 0.477. The number of fused-ring (bicyclic) bond motifs is 7. The predicted molar refractivity (Wildman–Crippen MR) is 217 cm³/mol. The number of carbonyl (C=O) groups excluding carboxylic acids is 2. The number of hydrogen-bond donors (Lipinski definition) is 4. The molecule has 5 heterocycles. The first kappa shape index (κ1) is 37.9. The van der Waals surface area contributed by atoms with E-state index < -0.39 is 18.2 Å². The van der Waals surface area contributed by atoms with Crippen LogP contribution in [0.2, 0.25) is 0 Å². The number of ether oxygens (including phenoxy) is 3. The van der Waals surface area contributed by atoms with Crippen molar-refractivity contribution in [3.8, 4) is 28.1 Å². The molecule has 2 aromatic heterocycles. The van der Waals surface area contributed by atoms with Gasteiger partial charge in [0, 0.05) is 30.5 Å². The molecule has 3 aliphatic heterocycles. The van der Waals surface area contributed by atoms with E-state index in [1.165, 1.54) is 7.11 Å². The summed E-state index contributed by atoms with van der Waals surface area (Å²) in [6.07, 6.45) is 2.60. The van der Waals surface area contributed by atoms with Gasteiger partial charge in [0.2, 0.25) is 5.91 Å². The molecule has 0 spiro atoms. The van der Waals surface area contributed by atoms with Gasteiger partial charge in [-0.2, -0.15) is 0 Å². The van der Waals surface area contributed by atoms with Gasteiger partial charge in [0.05, 0.1) is 54.3 Å². The number of hydrogen-bond acceptors (Lipinski definition) is 8. The molecule has 3 aromatic carbocycles. The molecule has 58 heavy (non-hydrogen) atoms. The molecule has 2 unspecified atom stereocenters. The van der Waals surface area contributed by atoms with E-state index in [9.17, 15) is 19.5 Å². The molecular weight excluding hydrogens is 739 g/mol. The zero-order valence-electron chi connectivity index (χ0n) is 34.0. The Balaban J connectivity index is 0.987. The van der Waals surface area contributed by atoms with Gasteiger partial charge in [0.25, 0.3) is 0 Å². The number of aromatic amines is 2. The lowest BCUT2D eigenvalue weighted by atomic mass is 9.82. The summed E-state index contributed by atoms with van der Waals surface area (Å²) in [6.45, 7) is 11.6. The Kier molecular flexibility index (Phi) is 8.99. The number of nitrogens with zero attached hydrogens (tertiary/aromatic N) is 4. The zero-order chi connectivity index (χ0) is 40.8. The lowest BCUT2D eigenvalue weighted by molar-refractivity contribution is -0.135. The molecule has 14 nitrogen and oxygen atoms in total. The maximum atomic E-state index is 13.9. The maximum absolute atomic E-state index is 13.9. The largest absolute Gasteiger partial charge is 0.488 e. The molecular formula is C44H51N7O7. The molecule has 3 fully saturated rings. The number of methoxy groups -OCH3 is 2. The summed E-state index contributed by atoms with van der Waals surface area (Å²) in [7, 11) is 2.95. The van der Waals surface area contributed by atoms with Crippen LogP contribution in [0.25, 0.3) is 44.2 Å². The van der Waals surface area contributed by atoms with E-state index in [-0.39, 0.29) is 40.8 Å². The number of likely N-dealkylation sites (tertiary alicyclic amines) is 2. The van der Waals surface area contributed by atoms with Crippen LogP contribution in [0.15, 0.2) is 48.7 Å². The highest BCUT2D eigenvalue weighted by Crippen LogP contribution is 2.68. The van der Waals surface area contributed by atoms with Crippen molar-refractivity contribution in [1.29, 1.82) is 0 Å². The number of piperidine rings is 1. The van der Waals surface area contributed by atoms with Crippen LogP contribution in [0.1, 0.15) is 83.2 Å². The van der Waals surface area contributed by atoms with Gasteiger partial charge in [0.15, 0.2) is 0 Å². The van der Waals surface area contributed by atoms with Crippen LogP contribution in [0.3, 0.4) is 0 Å². The first-order valence-corrected chi connectivity index (χ1v) is 20.2. The van der Waals surface area contributed by atoms with E-state index in [2.05, 4.69) is 72.5 Å². The highest BCUT2D eigenvalue weighted by Gasteiger charge is 2.72. The van der Waals surface area contributed by atoms with Gasteiger partial charge < -0.3 is 39.5 Å². The van der Waals surface area contributed by atoms with Crippen molar-refractivity contribution < 1.29 is 33.7 Å². The molecule has 9 rings (SSSR count). The number of nitrogens with one attached hydrogen (secondary N) is 3. The van der Waals surface area contributed by atoms with Crippen molar-refractivity contribution >= 4 is 39.9 Å². The van der Waals surface area contributed by atoms with E-state index >= 15 is 0 Å². The van der Waals surface area contributed by atoms with Crippen molar-refractivity contribution in [2.24, 2.45) is 23.2 Å². The average Bonchev–Trinajstić information content (AvgIpc) is 3.69. The quantitative estimate of drug-likeness (QED) is 0.122. The van der Waals surface area contributed by atoms with Crippen LogP contribution in [0.5, 0.6) is 5.75 Å². The van der Waals surface area contributed by atoms with E-state index in [0.717, 1.165) is 68.3 Å². The molecule has 5 aromatic rings. The van der Waals surface area contributed by atoms with Crippen molar-refractivity contribution in [3.05, 3.63) is 65.9 Å². The molecule has 0 radical (unpaired) electrons. The van der Waals surface area contributed by atoms with Gasteiger partial charge >= 0.3 is 12.2 Å². The van der Waals surface area contributed by atoms with Crippen LogP contribution in [-0.2, 0) is 20.9 Å². The van der Waals surface area contributed by atoms with Crippen molar-refractivity contribution in [3.63, 3.8) is 0 Å². The van der Waals surface area contributed by atoms with E-state index in [4.69, 9.17) is 24.2 Å². The first-order chi connectivity index (χ1) is 27.7. The van der Waals surface area contributed by atoms with Gasteiger partial charge in [-0.3, -0.25) is 9.69 Å². The molecule has 1 aliphatic carbocycles. The van der Waals surface area contributed by atoms with Crippen molar-refractivity contribution in [1.82, 2.24) is 35.1 Å². The molecule has 0 bridgehead atoms. The number of H-pyrrole nitrogens is 2. The monoisotopic (exact) mass is 789 g/mol. The Bertz CT molecular complexity index is 2470. The highest BCUT2D eigenvalue weighted by atomic mass is 16.5. The first-order valence-electron chi connectivity index (χ1n) is 20.2. The number of rotatable bonds is 8. The van der Waals surface area contributed by atoms with Crippen LogP contribution < -0.4 is 10.1 Å². The summed E-state index contributed by atoms with van der Waals surface area (Å²) in [4.78, 5) is 59.1. The number of carboxylic acid groups (broad SMARTS) is 1.